The van der Waals surface area contributed by atoms with Crippen LogP contribution >= 0.6 is 15.9 Å². The van der Waals surface area contributed by atoms with Crippen LogP contribution in [0.1, 0.15) is 5.56 Å². The highest BCUT2D eigenvalue weighted by atomic mass is 79.9. The number of rotatable bonds is 3. The van der Waals surface area contributed by atoms with Crippen LogP contribution in [-0.4, -0.2) is 12.0 Å². The number of fused-ring (bicyclic) bond motifs is 1. The number of nitrogen functional groups attached to an aromatic ring is 1. The SMILES string of the molecule is CN(Cc1ccc(Br)cc1)c1ccc2cc(N)ccc2n1. The summed E-state index contributed by atoms with van der Waals surface area (Å²) in [5.74, 6) is 0.954. The van der Waals surface area contributed by atoms with E-state index in [0.717, 1.165) is 33.4 Å². The molecule has 0 amide bonds. The molecule has 0 atom stereocenters. The Morgan fingerprint density at radius 1 is 1.05 bits per heavy atom. The Hall–Kier alpha value is -2.07. The van der Waals surface area contributed by atoms with Crippen molar-refractivity contribution < 1.29 is 0 Å². The van der Waals surface area contributed by atoms with Crippen molar-refractivity contribution in [3.05, 3.63) is 64.6 Å². The minimum Gasteiger partial charge on any atom is -0.399 e. The Balaban J connectivity index is 1.85. The normalized spacial score (nSPS) is 10.8. The van der Waals surface area contributed by atoms with Crippen molar-refractivity contribution in [3.63, 3.8) is 0 Å². The summed E-state index contributed by atoms with van der Waals surface area (Å²) in [5, 5.41) is 1.07. The molecule has 0 bridgehead atoms. The molecule has 0 aliphatic heterocycles. The van der Waals surface area contributed by atoms with Gasteiger partial charge >= 0.3 is 0 Å². The molecule has 3 nitrogen and oxygen atoms in total. The highest BCUT2D eigenvalue weighted by Crippen LogP contribution is 2.21. The lowest BCUT2D eigenvalue weighted by Gasteiger charge is -2.18. The minimum atomic E-state index is 0.764. The number of nitrogens with two attached hydrogens (primary N) is 1. The van der Waals surface area contributed by atoms with Gasteiger partial charge in [0.1, 0.15) is 5.82 Å². The highest BCUT2D eigenvalue weighted by molar-refractivity contribution is 9.10. The van der Waals surface area contributed by atoms with Gasteiger partial charge < -0.3 is 10.6 Å². The zero-order chi connectivity index (χ0) is 14.8. The van der Waals surface area contributed by atoms with Gasteiger partial charge in [0.25, 0.3) is 0 Å². The molecule has 0 unspecified atom stereocenters. The second-order valence-electron chi connectivity index (χ2n) is 5.10. The van der Waals surface area contributed by atoms with Crippen molar-refractivity contribution in [2.45, 2.75) is 6.54 Å². The Labute approximate surface area is 132 Å². The van der Waals surface area contributed by atoms with E-state index in [0.29, 0.717) is 0 Å². The van der Waals surface area contributed by atoms with Crippen molar-refractivity contribution in [1.82, 2.24) is 4.98 Å². The van der Waals surface area contributed by atoms with Crippen molar-refractivity contribution in [3.8, 4) is 0 Å². The van der Waals surface area contributed by atoms with Crippen LogP contribution in [0.15, 0.2) is 59.1 Å². The Bertz CT molecular complexity index is 769. The number of nitrogens with zero attached hydrogens (tertiary/aromatic N) is 2. The summed E-state index contributed by atoms with van der Waals surface area (Å²) in [7, 11) is 2.05. The fourth-order valence-electron chi connectivity index (χ4n) is 2.29. The van der Waals surface area contributed by atoms with Crippen LogP contribution in [0.2, 0.25) is 0 Å². The zero-order valence-electron chi connectivity index (χ0n) is 11.8. The predicted octanol–water partition coefficient (Wildman–Crippen LogP) is 4.22. The Kier molecular flexibility index (Phi) is 3.80. The van der Waals surface area contributed by atoms with E-state index in [-0.39, 0.29) is 0 Å². The van der Waals surface area contributed by atoms with Crippen LogP contribution in [0, 0.1) is 0 Å². The van der Waals surface area contributed by atoms with Gasteiger partial charge in [-0.05, 0) is 48.0 Å². The lowest BCUT2D eigenvalue weighted by molar-refractivity contribution is 0.902. The third-order valence-corrected chi connectivity index (χ3v) is 3.95. The molecule has 0 spiro atoms. The van der Waals surface area contributed by atoms with Gasteiger partial charge in [-0.3, -0.25) is 0 Å². The molecule has 0 aliphatic rings. The summed E-state index contributed by atoms with van der Waals surface area (Å²) in [6, 6.07) is 18.2. The van der Waals surface area contributed by atoms with Crippen molar-refractivity contribution >= 4 is 38.3 Å². The van der Waals surface area contributed by atoms with E-state index in [1.165, 1.54) is 5.56 Å². The van der Waals surface area contributed by atoms with E-state index in [9.17, 15) is 0 Å². The third kappa shape index (κ3) is 3.16. The van der Waals surface area contributed by atoms with Gasteiger partial charge in [0.2, 0.25) is 0 Å². The lowest BCUT2D eigenvalue weighted by Crippen LogP contribution is -2.17. The first kappa shape index (κ1) is 13.9. The first-order chi connectivity index (χ1) is 10.1. The van der Waals surface area contributed by atoms with Crippen LogP contribution in [0.4, 0.5) is 11.5 Å². The first-order valence-electron chi connectivity index (χ1n) is 6.74. The van der Waals surface area contributed by atoms with Crippen LogP contribution < -0.4 is 10.6 Å². The molecule has 4 heteroatoms. The molecule has 1 heterocycles. The van der Waals surface area contributed by atoms with Gasteiger partial charge in [0.15, 0.2) is 0 Å². The predicted molar refractivity (Wildman–Crippen MR) is 92.4 cm³/mol. The number of aromatic nitrogens is 1. The number of halogens is 1. The summed E-state index contributed by atoms with van der Waals surface area (Å²) in [6.45, 7) is 0.820. The van der Waals surface area contributed by atoms with E-state index >= 15 is 0 Å². The number of pyridine rings is 1. The molecule has 21 heavy (non-hydrogen) atoms. The minimum absolute atomic E-state index is 0.764. The molecule has 0 aliphatic carbocycles. The van der Waals surface area contributed by atoms with E-state index in [2.05, 4.69) is 51.2 Å². The molecule has 0 radical (unpaired) electrons. The molecule has 0 saturated heterocycles. The van der Waals surface area contributed by atoms with Crippen LogP contribution in [0.3, 0.4) is 0 Å². The second-order valence-corrected chi connectivity index (χ2v) is 6.02. The zero-order valence-corrected chi connectivity index (χ0v) is 13.3. The van der Waals surface area contributed by atoms with Gasteiger partial charge in [0.05, 0.1) is 5.52 Å². The second kappa shape index (κ2) is 5.74. The summed E-state index contributed by atoms with van der Waals surface area (Å²) in [5.41, 5.74) is 8.77. The van der Waals surface area contributed by atoms with Gasteiger partial charge in [0, 0.05) is 29.1 Å². The Morgan fingerprint density at radius 2 is 1.81 bits per heavy atom. The summed E-state index contributed by atoms with van der Waals surface area (Å²) >= 11 is 3.45. The maximum absolute atomic E-state index is 5.79. The van der Waals surface area contributed by atoms with Crippen molar-refractivity contribution in [2.75, 3.05) is 17.7 Å². The molecule has 0 saturated carbocycles. The fourth-order valence-corrected chi connectivity index (χ4v) is 2.55. The van der Waals surface area contributed by atoms with Gasteiger partial charge in [-0.2, -0.15) is 0 Å². The molecule has 2 N–H and O–H groups in total. The summed E-state index contributed by atoms with van der Waals surface area (Å²) < 4.78 is 1.09. The average molecular weight is 342 g/mol. The molecule has 2 aromatic carbocycles. The lowest BCUT2D eigenvalue weighted by atomic mass is 10.2. The highest BCUT2D eigenvalue weighted by Gasteiger charge is 2.05. The van der Waals surface area contributed by atoms with E-state index in [1.807, 2.05) is 31.3 Å². The average Bonchev–Trinajstić information content (AvgIpc) is 2.49. The monoisotopic (exact) mass is 341 g/mol. The van der Waals surface area contributed by atoms with Gasteiger partial charge in [-0.15, -0.1) is 0 Å². The van der Waals surface area contributed by atoms with E-state index in [1.54, 1.807) is 0 Å². The number of benzene rings is 2. The number of anilines is 2. The van der Waals surface area contributed by atoms with Crippen LogP contribution in [-0.2, 0) is 6.54 Å². The fraction of sp³-hybridized carbons (Fsp3) is 0.118. The van der Waals surface area contributed by atoms with Crippen LogP contribution in [0.25, 0.3) is 10.9 Å². The van der Waals surface area contributed by atoms with Crippen molar-refractivity contribution in [2.24, 2.45) is 0 Å². The van der Waals surface area contributed by atoms with Crippen LogP contribution in [0.5, 0.6) is 0 Å². The maximum Gasteiger partial charge on any atom is 0.129 e. The third-order valence-electron chi connectivity index (χ3n) is 3.42. The molecule has 3 aromatic rings. The molecule has 3 rings (SSSR count). The number of hydrogen-bond acceptors (Lipinski definition) is 3. The maximum atomic E-state index is 5.79. The van der Waals surface area contributed by atoms with Gasteiger partial charge in [-0.25, -0.2) is 4.98 Å². The first-order valence-corrected chi connectivity index (χ1v) is 7.53. The molecular formula is C17H16BrN3. The Morgan fingerprint density at radius 3 is 2.57 bits per heavy atom. The van der Waals surface area contributed by atoms with Gasteiger partial charge in [-0.1, -0.05) is 28.1 Å². The smallest absolute Gasteiger partial charge is 0.129 e. The standard InChI is InChI=1S/C17H16BrN3/c1-21(11-12-2-5-14(18)6-3-12)17-9-4-13-10-15(19)7-8-16(13)20-17/h2-10H,11,19H2,1H3. The van der Waals surface area contributed by atoms with E-state index < -0.39 is 0 Å². The molecule has 0 fully saturated rings. The molecule has 1 aromatic heterocycles. The number of hydrogen-bond donors (Lipinski definition) is 1. The summed E-state index contributed by atoms with van der Waals surface area (Å²) in [4.78, 5) is 6.83. The van der Waals surface area contributed by atoms with Crippen molar-refractivity contribution in [1.29, 1.82) is 0 Å². The largest absolute Gasteiger partial charge is 0.399 e. The quantitative estimate of drug-likeness (QED) is 0.725. The molecule has 106 valence electrons. The van der Waals surface area contributed by atoms with E-state index in [4.69, 9.17) is 10.7 Å². The summed E-state index contributed by atoms with van der Waals surface area (Å²) in [6.07, 6.45) is 0. The topological polar surface area (TPSA) is 42.1 Å². The molecular weight excluding hydrogens is 326 g/mol.